The fraction of sp³-hybridized carbons (Fsp3) is 0.400. The van der Waals surface area contributed by atoms with Crippen LogP contribution in [0.15, 0.2) is 30.5 Å². The minimum absolute atomic E-state index is 0.646. The largest absolute Gasteiger partial charge is 0.416 e. The van der Waals surface area contributed by atoms with Crippen molar-refractivity contribution in [2.45, 2.75) is 26.1 Å². The summed E-state index contributed by atoms with van der Waals surface area (Å²) in [7, 11) is 1.80. The lowest BCUT2D eigenvalue weighted by Crippen LogP contribution is -2.13. The second kappa shape index (κ2) is 6.30. The van der Waals surface area contributed by atoms with Crippen LogP contribution in [0.4, 0.5) is 13.2 Å². The molecule has 0 saturated carbocycles. The lowest BCUT2D eigenvalue weighted by Gasteiger charge is -2.08. The monoisotopic (exact) mass is 297 g/mol. The Morgan fingerprint density at radius 2 is 1.86 bits per heavy atom. The van der Waals surface area contributed by atoms with Crippen LogP contribution in [0.25, 0.3) is 11.3 Å². The highest BCUT2D eigenvalue weighted by molar-refractivity contribution is 5.63. The Kier molecular flexibility index (Phi) is 4.67. The Balaban J connectivity index is 2.25. The van der Waals surface area contributed by atoms with E-state index in [0.717, 1.165) is 36.4 Å². The highest BCUT2D eigenvalue weighted by Crippen LogP contribution is 2.31. The summed E-state index contributed by atoms with van der Waals surface area (Å²) in [6.07, 6.45) is -1.40. The van der Waals surface area contributed by atoms with Crippen LogP contribution >= 0.6 is 0 Å². The Morgan fingerprint density at radius 1 is 1.19 bits per heavy atom. The molecule has 0 saturated heterocycles. The number of aromatic nitrogens is 2. The van der Waals surface area contributed by atoms with E-state index in [4.69, 9.17) is 0 Å². The van der Waals surface area contributed by atoms with E-state index in [1.807, 2.05) is 6.20 Å². The maximum Gasteiger partial charge on any atom is 0.416 e. The van der Waals surface area contributed by atoms with E-state index >= 15 is 0 Å². The van der Waals surface area contributed by atoms with Gasteiger partial charge in [-0.2, -0.15) is 18.3 Å². The highest BCUT2D eigenvalue weighted by Gasteiger charge is 2.30. The topological polar surface area (TPSA) is 29.9 Å². The van der Waals surface area contributed by atoms with E-state index in [0.29, 0.717) is 12.1 Å². The molecule has 114 valence electrons. The molecule has 21 heavy (non-hydrogen) atoms. The van der Waals surface area contributed by atoms with Crippen molar-refractivity contribution in [3.05, 3.63) is 41.6 Å². The van der Waals surface area contributed by atoms with Gasteiger partial charge in [0.2, 0.25) is 0 Å². The van der Waals surface area contributed by atoms with Gasteiger partial charge in [-0.25, -0.2) is 0 Å². The molecule has 1 N–H and O–H groups in total. The zero-order chi connectivity index (χ0) is 15.5. The molecular formula is C15H18F3N3. The van der Waals surface area contributed by atoms with Crippen LogP contribution in [-0.2, 0) is 19.8 Å². The van der Waals surface area contributed by atoms with Gasteiger partial charge in [0.25, 0.3) is 0 Å². The third kappa shape index (κ3) is 3.85. The maximum atomic E-state index is 12.6. The molecule has 0 spiro atoms. The standard InChI is InChI=1S/C15H18F3N3/c1-3-8-19-9-12-10-21(2)20-14(12)11-4-6-13(7-5-11)15(16,17)18/h4-7,10,19H,3,8-9H2,1-2H3. The van der Waals surface area contributed by atoms with Gasteiger partial charge in [0.05, 0.1) is 11.3 Å². The van der Waals surface area contributed by atoms with Crippen molar-refractivity contribution >= 4 is 0 Å². The molecule has 0 bridgehead atoms. The summed E-state index contributed by atoms with van der Waals surface area (Å²) in [5, 5.41) is 7.62. The van der Waals surface area contributed by atoms with Gasteiger partial charge in [-0.1, -0.05) is 19.1 Å². The quantitative estimate of drug-likeness (QED) is 0.855. The molecule has 0 radical (unpaired) electrons. The number of nitrogens with one attached hydrogen (secondary N) is 1. The van der Waals surface area contributed by atoms with Gasteiger partial charge >= 0.3 is 6.18 Å². The zero-order valence-electron chi connectivity index (χ0n) is 12.0. The van der Waals surface area contributed by atoms with E-state index < -0.39 is 11.7 Å². The van der Waals surface area contributed by atoms with Crippen molar-refractivity contribution in [2.75, 3.05) is 6.54 Å². The molecule has 0 aliphatic heterocycles. The average molecular weight is 297 g/mol. The lowest BCUT2D eigenvalue weighted by molar-refractivity contribution is -0.137. The van der Waals surface area contributed by atoms with Gasteiger partial charge in [-0.15, -0.1) is 0 Å². The number of hydrogen-bond donors (Lipinski definition) is 1. The molecule has 0 amide bonds. The molecule has 1 aromatic carbocycles. The van der Waals surface area contributed by atoms with Crippen LogP contribution in [0.5, 0.6) is 0 Å². The predicted molar refractivity (Wildman–Crippen MR) is 75.6 cm³/mol. The van der Waals surface area contributed by atoms with Crippen LogP contribution in [0, 0.1) is 0 Å². The van der Waals surface area contributed by atoms with E-state index in [1.165, 1.54) is 12.1 Å². The molecule has 6 heteroatoms. The number of alkyl halides is 3. The Labute approximate surface area is 121 Å². The van der Waals surface area contributed by atoms with Crippen molar-refractivity contribution in [3.63, 3.8) is 0 Å². The molecule has 2 rings (SSSR count). The first-order chi connectivity index (χ1) is 9.91. The summed E-state index contributed by atoms with van der Waals surface area (Å²) in [6.45, 7) is 3.62. The van der Waals surface area contributed by atoms with Crippen LogP contribution in [0.2, 0.25) is 0 Å². The molecule has 0 unspecified atom stereocenters. The molecule has 1 heterocycles. The Morgan fingerprint density at radius 3 is 2.43 bits per heavy atom. The molecular weight excluding hydrogens is 279 g/mol. The lowest BCUT2D eigenvalue weighted by atomic mass is 10.1. The smallest absolute Gasteiger partial charge is 0.313 e. The average Bonchev–Trinajstić information content (AvgIpc) is 2.79. The fourth-order valence-corrected chi connectivity index (χ4v) is 2.13. The number of aryl methyl sites for hydroxylation is 1. The highest BCUT2D eigenvalue weighted by atomic mass is 19.4. The van der Waals surface area contributed by atoms with E-state index in [2.05, 4.69) is 17.3 Å². The summed E-state index contributed by atoms with van der Waals surface area (Å²) in [4.78, 5) is 0. The van der Waals surface area contributed by atoms with Gasteiger partial charge in [-0.05, 0) is 25.1 Å². The summed E-state index contributed by atoms with van der Waals surface area (Å²) < 4.78 is 39.4. The number of nitrogens with zero attached hydrogens (tertiary/aromatic N) is 2. The van der Waals surface area contributed by atoms with Gasteiger partial charge in [0.15, 0.2) is 0 Å². The van der Waals surface area contributed by atoms with E-state index in [1.54, 1.807) is 11.7 Å². The third-order valence-corrected chi connectivity index (χ3v) is 3.13. The van der Waals surface area contributed by atoms with Crippen LogP contribution < -0.4 is 5.32 Å². The zero-order valence-corrected chi connectivity index (χ0v) is 12.0. The second-order valence-corrected chi connectivity index (χ2v) is 4.93. The Hall–Kier alpha value is -1.82. The van der Waals surface area contributed by atoms with Crippen molar-refractivity contribution in [2.24, 2.45) is 7.05 Å². The van der Waals surface area contributed by atoms with Crippen molar-refractivity contribution in [1.82, 2.24) is 15.1 Å². The molecule has 0 atom stereocenters. The number of hydrogen-bond acceptors (Lipinski definition) is 2. The van der Waals surface area contributed by atoms with Gasteiger partial charge in [0, 0.05) is 30.9 Å². The van der Waals surface area contributed by atoms with E-state index in [9.17, 15) is 13.2 Å². The summed E-state index contributed by atoms with van der Waals surface area (Å²) in [5.74, 6) is 0. The van der Waals surface area contributed by atoms with Crippen molar-refractivity contribution in [3.8, 4) is 11.3 Å². The molecule has 2 aromatic rings. The first kappa shape index (κ1) is 15.6. The van der Waals surface area contributed by atoms with Crippen molar-refractivity contribution in [1.29, 1.82) is 0 Å². The number of halogens is 3. The van der Waals surface area contributed by atoms with Crippen molar-refractivity contribution < 1.29 is 13.2 Å². The SMILES string of the molecule is CCCNCc1cn(C)nc1-c1ccc(C(F)(F)F)cc1. The van der Waals surface area contributed by atoms with Gasteiger partial charge in [0.1, 0.15) is 0 Å². The van der Waals surface area contributed by atoms with Gasteiger partial charge < -0.3 is 5.32 Å². The molecule has 0 fully saturated rings. The van der Waals surface area contributed by atoms with Gasteiger partial charge in [-0.3, -0.25) is 4.68 Å². The summed E-state index contributed by atoms with van der Waals surface area (Å²) in [5.41, 5.74) is 1.74. The first-order valence-corrected chi connectivity index (χ1v) is 6.82. The fourth-order valence-electron chi connectivity index (χ4n) is 2.13. The predicted octanol–water partition coefficient (Wildman–Crippen LogP) is 3.61. The van der Waals surface area contributed by atoms with Crippen LogP contribution in [-0.4, -0.2) is 16.3 Å². The Bertz CT molecular complexity index is 585. The number of benzene rings is 1. The molecule has 0 aliphatic carbocycles. The van der Waals surface area contributed by atoms with Crippen LogP contribution in [0.1, 0.15) is 24.5 Å². The van der Waals surface area contributed by atoms with Crippen LogP contribution in [0.3, 0.4) is 0 Å². The van der Waals surface area contributed by atoms with E-state index in [-0.39, 0.29) is 0 Å². The molecule has 3 nitrogen and oxygen atoms in total. The summed E-state index contributed by atoms with van der Waals surface area (Å²) >= 11 is 0. The maximum absolute atomic E-state index is 12.6. The minimum atomic E-state index is -4.31. The second-order valence-electron chi connectivity index (χ2n) is 4.93. The normalized spacial score (nSPS) is 11.9. The number of rotatable bonds is 5. The third-order valence-electron chi connectivity index (χ3n) is 3.13. The summed E-state index contributed by atoms with van der Waals surface area (Å²) in [6, 6.07) is 5.11. The molecule has 1 aromatic heterocycles. The molecule has 0 aliphatic rings. The first-order valence-electron chi connectivity index (χ1n) is 6.82. The minimum Gasteiger partial charge on any atom is -0.313 e.